The maximum atomic E-state index is 6.33. The first-order valence-corrected chi connectivity index (χ1v) is 7.66. The second-order valence-electron chi connectivity index (χ2n) is 4.86. The fourth-order valence-electron chi connectivity index (χ4n) is 2.28. The molecule has 2 rings (SSSR count). The number of benzene rings is 2. The smallest absolute Gasteiger partial charge is 0.161 e. The van der Waals surface area contributed by atoms with Gasteiger partial charge in [-0.05, 0) is 36.1 Å². The molecule has 0 saturated heterocycles. The number of hydrogen-bond donors (Lipinski definition) is 1. The summed E-state index contributed by atoms with van der Waals surface area (Å²) in [4.78, 5) is 0. The average Bonchev–Trinajstić information content (AvgIpc) is 2.53. The summed E-state index contributed by atoms with van der Waals surface area (Å²) in [6.07, 6.45) is 1.82. The number of aryl methyl sites for hydroxylation is 1. The van der Waals surface area contributed by atoms with Gasteiger partial charge >= 0.3 is 0 Å². The SMILES string of the molecule is COc1cc(Br)c(C(N)CCc2ccccc2)cc1OC. The first-order chi connectivity index (χ1) is 10.2. The van der Waals surface area contributed by atoms with Gasteiger partial charge in [-0.15, -0.1) is 0 Å². The van der Waals surface area contributed by atoms with E-state index in [9.17, 15) is 0 Å². The molecular weight excluding hydrogens is 330 g/mol. The first-order valence-electron chi connectivity index (χ1n) is 6.86. The predicted molar refractivity (Wildman–Crippen MR) is 88.9 cm³/mol. The molecule has 1 atom stereocenters. The minimum absolute atomic E-state index is 0.0561. The minimum atomic E-state index is -0.0561. The molecule has 2 aromatic rings. The third kappa shape index (κ3) is 3.99. The van der Waals surface area contributed by atoms with Crippen LogP contribution in [0.4, 0.5) is 0 Å². The summed E-state index contributed by atoms with van der Waals surface area (Å²) in [5.74, 6) is 1.40. The van der Waals surface area contributed by atoms with E-state index in [0.29, 0.717) is 11.5 Å². The van der Waals surface area contributed by atoms with Crippen molar-refractivity contribution >= 4 is 15.9 Å². The van der Waals surface area contributed by atoms with E-state index < -0.39 is 0 Å². The highest BCUT2D eigenvalue weighted by atomic mass is 79.9. The number of methoxy groups -OCH3 is 2. The van der Waals surface area contributed by atoms with Crippen LogP contribution in [-0.4, -0.2) is 14.2 Å². The highest BCUT2D eigenvalue weighted by Gasteiger charge is 2.15. The van der Waals surface area contributed by atoms with E-state index in [4.69, 9.17) is 15.2 Å². The maximum absolute atomic E-state index is 6.33. The third-order valence-electron chi connectivity index (χ3n) is 3.49. The van der Waals surface area contributed by atoms with Crippen molar-refractivity contribution < 1.29 is 9.47 Å². The first kappa shape index (κ1) is 15.9. The fraction of sp³-hybridized carbons (Fsp3) is 0.294. The summed E-state index contributed by atoms with van der Waals surface area (Å²) in [5, 5.41) is 0. The largest absolute Gasteiger partial charge is 0.493 e. The van der Waals surface area contributed by atoms with E-state index in [1.165, 1.54) is 5.56 Å². The molecule has 0 aromatic heterocycles. The normalized spacial score (nSPS) is 12.0. The number of hydrogen-bond acceptors (Lipinski definition) is 3. The molecule has 0 heterocycles. The third-order valence-corrected chi connectivity index (χ3v) is 4.18. The number of rotatable bonds is 6. The van der Waals surface area contributed by atoms with E-state index in [-0.39, 0.29) is 6.04 Å². The summed E-state index contributed by atoms with van der Waals surface area (Å²) in [7, 11) is 3.25. The van der Waals surface area contributed by atoms with Crippen LogP contribution in [0.25, 0.3) is 0 Å². The maximum Gasteiger partial charge on any atom is 0.161 e. The second kappa shape index (κ2) is 7.48. The average molecular weight is 350 g/mol. The molecule has 4 heteroatoms. The lowest BCUT2D eigenvalue weighted by Gasteiger charge is -2.17. The van der Waals surface area contributed by atoms with Gasteiger partial charge in [0, 0.05) is 10.5 Å². The van der Waals surface area contributed by atoms with Gasteiger partial charge in [-0.3, -0.25) is 0 Å². The van der Waals surface area contributed by atoms with Gasteiger partial charge in [-0.25, -0.2) is 0 Å². The van der Waals surface area contributed by atoms with Crippen LogP contribution in [0.1, 0.15) is 23.6 Å². The van der Waals surface area contributed by atoms with Gasteiger partial charge in [0.2, 0.25) is 0 Å². The van der Waals surface area contributed by atoms with Crippen LogP contribution < -0.4 is 15.2 Å². The lowest BCUT2D eigenvalue weighted by molar-refractivity contribution is 0.354. The van der Waals surface area contributed by atoms with Crippen LogP contribution in [0.2, 0.25) is 0 Å². The molecule has 2 aromatic carbocycles. The molecule has 0 aliphatic heterocycles. The van der Waals surface area contributed by atoms with Gasteiger partial charge in [-0.2, -0.15) is 0 Å². The topological polar surface area (TPSA) is 44.5 Å². The van der Waals surface area contributed by atoms with Crippen molar-refractivity contribution in [2.24, 2.45) is 5.73 Å². The lowest BCUT2D eigenvalue weighted by Crippen LogP contribution is -2.12. The Morgan fingerprint density at radius 1 is 1.05 bits per heavy atom. The van der Waals surface area contributed by atoms with Crippen LogP contribution in [0.3, 0.4) is 0 Å². The predicted octanol–water partition coefficient (Wildman–Crippen LogP) is 4.10. The van der Waals surface area contributed by atoms with E-state index in [0.717, 1.165) is 22.9 Å². The Morgan fingerprint density at radius 3 is 2.29 bits per heavy atom. The van der Waals surface area contributed by atoms with E-state index >= 15 is 0 Å². The summed E-state index contributed by atoms with van der Waals surface area (Å²) < 4.78 is 11.6. The lowest BCUT2D eigenvalue weighted by atomic mass is 9.99. The summed E-state index contributed by atoms with van der Waals surface area (Å²) >= 11 is 3.56. The zero-order chi connectivity index (χ0) is 15.2. The fourth-order valence-corrected chi connectivity index (χ4v) is 2.89. The number of nitrogens with two attached hydrogens (primary N) is 1. The zero-order valence-electron chi connectivity index (χ0n) is 12.3. The summed E-state index contributed by atoms with van der Waals surface area (Å²) in [5.41, 5.74) is 8.66. The molecule has 3 nitrogen and oxygen atoms in total. The second-order valence-corrected chi connectivity index (χ2v) is 5.71. The molecule has 0 bridgehead atoms. The zero-order valence-corrected chi connectivity index (χ0v) is 13.9. The molecule has 0 fully saturated rings. The van der Waals surface area contributed by atoms with E-state index in [1.807, 2.05) is 30.3 Å². The van der Waals surface area contributed by atoms with Crippen LogP contribution in [0, 0.1) is 0 Å². The van der Waals surface area contributed by atoms with Crippen LogP contribution in [0.5, 0.6) is 11.5 Å². The molecule has 2 N–H and O–H groups in total. The van der Waals surface area contributed by atoms with Gasteiger partial charge in [0.05, 0.1) is 14.2 Å². The number of ether oxygens (including phenoxy) is 2. The Labute approximate surface area is 134 Å². The molecule has 0 aliphatic rings. The molecule has 0 spiro atoms. The van der Waals surface area contributed by atoms with Gasteiger partial charge in [0.1, 0.15) is 0 Å². The van der Waals surface area contributed by atoms with Crippen molar-refractivity contribution in [1.82, 2.24) is 0 Å². The van der Waals surface area contributed by atoms with Crippen molar-refractivity contribution in [3.63, 3.8) is 0 Å². The number of halogens is 1. The van der Waals surface area contributed by atoms with Crippen molar-refractivity contribution in [1.29, 1.82) is 0 Å². The van der Waals surface area contributed by atoms with Crippen molar-refractivity contribution in [2.45, 2.75) is 18.9 Å². The Kier molecular flexibility index (Phi) is 5.65. The Bertz CT molecular complexity index is 587. The Balaban J connectivity index is 2.13. The molecule has 1 unspecified atom stereocenters. The molecule has 0 saturated carbocycles. The Hall–Kier alpha value is -1.52. The quantitative estimate of drug-likeness (QED) is 0.853. The highest BCUT2D eigenvalue weighted by Crippen LogP contribution is 2.36. The van der Waals surface area contributed by atoms with Gasteiger partial charge in [0.15, 0.2) is 11.5 Å². The van der Waals surface area contributed by atoms with Gasteiger partial charge in [-0.1, -0.05) is 46.3 Å². The molecule has 0 aliphatic carbocycles. The van der Waals surface area contributed by atoms with Crippen molar-refractivity contribution in [3.8, 4) is 11.5 Å². The molecule has 0 radical (unpaired) electrons. The van der Waals surface area contributed by atoms with Gasteiger partial charge < -0.3 is 15.2 Å². The monoisotopic (exact) mass is 349 g/mol. The van der Waals surface area contributed by atoms with Crippen LogP contribution in [0.15, 0.2) is 46.9 Å². The van der Waals surface area contributed by atoms with Gasteiger partial charge in [0.25, 0.3) is 0 Å². The standard InChI is InChI=1S/C17H20BrNO2/c1-20-16-10-13(14(18)11-17(16)21-2)15(19)9-8-12-6-4-3-5-7-12/h3-7,10-11,15H,8-9,19H2,1-2H3. The molecule has 112 valence electrons. The van der Waals surface area contributed by atoms with E-state index in [2.05, 4.69) is 28.1 Å². The van der Waals surface area contributed by atoms with Crippen molar-refractivity contribution in [3.05, 3.63) is 58.1 Å². The van der Waals surface area contributed by atoms with Crippen LogP contribution in [-0.2, 0) is 6.42 Å². The van der Waals surface area contributed by atoms with Crippen molar-refractivity contribution in [2.75, 3.05) is 14.2 Å². The summed E-state index contributed by atoms with van der Waals surface area (Å²) in [6.45, 7) is 0. The van der Waals surface area contributed by atoms with Crippen LogP contribution >= 0.6 is 15.9 Å². The molecule has 21 heavy (non-hydrogen) atoms. The Morgan fingerprint density at radius 2 is 1.67 bits per heavy atom. The minimum Gasteiger partial charge on any atom is -0.493 e. The highest BCUT2D eigenvalue weighted by molar-refractivity contribution is 9.10. The summed E-state index contributed by atoms with van der Waals surface area (Å²) in [6, 6.07) is 14.1. The molecular formula is C17H20BrNO2. The van der Waals surface area contributed by atoms with E-state index in [1.54, 1.807) is 14.2 Å². The molecule has 0 amide bonds.